The number of nitrogens with two attached hydrogens (primary N) is 1. The maximum Gasteiger partial charge on any atom is 0.129 e. The smallest absolute Gasteiger partial charge is 0.129 e. The summed E-state index contributed by atoms with van der Waals surface area (Å²) in [5.41, 5.74) is 6.21. The number of benzene rings is 1. The Hall–Kier alpha value is -1.01. The fourth-order valence-corrected chi connectivity index (χ4v) is 1.47. The molecule has 0 radical (unpaired) electrons. The normalized spacial score (nSPS) is 14.8. The van der Waals surface area contributed by atoms with E-state index in [2.05, 4.69) is 5.32 Å². The molecule has 1 aromatic rings. The number of rotatable bonds is 5. The van der Waals surface area contributed by atoms with Gasteiger partial charge in [0, 0.05) is 18.7 Å². The molecule has 1 aromatic carbocycles. The topological polar surface area (TPSA) is 78.5 Å². The number of halogens is 1. The molecule has 1 rings (SSSR count). The van der Waals surface area contributed by atoms with Gasteiger partial charge in [0.1, 0.15) is 11.9 Å². The van der Waals surface area contributed by atoms with Crippen molar-refractivity contribution < 1.29 is 14.6 Å². The van der Waals surface area contributed by atoms with Gasteiger partial charge in [0.05, 0.1) is 6.10 Å². The second-order valence-corrected chi connectivity index (χ2v) is 3.63. The second kappa shape index (κ2) is 5.91. The minimum atomic E-state index is -1.25. The number of hydrogen-bond acceptors (Lipinski definition) is 4. The highest BCUT2D eigenvalue weighted by Crippen LogP contribution is 2.21. The Bertz CT molecular complexity index is 347. The molecule has 2 unspecified atom stereocenters. The summed E-state index contributed by atoms with van der Waals surface area (Å²) in [5, 5.41) is 22.0. The number of likely N-dealkylation sites (N-methyl/N-ethyl adjacent to an activating group) is 1. The van der Waals surface area contributed by atoms with Crippen molar-refractivity contribution in [2.24, 2.45) is 5.73 Å². The van der Waals surface area contributed by atoms with E-state index in [1.165, 1.54) is 12.1 Å². The van der Waals surface area contributed by atoms with Crippen LogP contribution in [0.15, 0.2) is 18.2 Å². The third kappa shape index (κ3) is 2.99. The lowest BCUT2D eigenvalue weighted by molar-refractivity contribution is 0.0181. The van der Waals surface area contributed by atoms with Gasteiger partial charge in [-0.1, -0.05) is 6.07 Å². The average Bonchev–Trinajstić information content (AvgIpc) is 2.29. The van der Waals surface area contributed by atoms with Crippen molar-refractivity contribution in [3.05, 3.63) is 35.1 Å². The molecule has 0 saturated carbocycles. The molecule has 0 amide bonds. The monoisotopic (exact) mass is 228 g/mol. The van der Waals surface area contributed by atoms with Crippen molar-refractivity contribution in [1.29, 1.82) is 0 Å². The molecule has 0 heterocycles. The van der Waals surface area contributed by atoms with Gasteiger partial charge in [0.2, 0.25) is 0 Å². The summed E-state index contributed by atoms with van der Waals surface area (Å²) in [4.78, 5) is 0. The lowest BCUT2D eigenvalue weighted by Crippen LogP contribution is -2.30. The number of aliphatic hydroxyl groups excluding tert-OH is 2. The number of hydrogen-bond donors (Lipinski definition) is 4. The van der Waals surface area contributed by atoms with E-state index in [4.69, 9.17) is 5.73 Å². The molecule has 0 aliphatic rings. The first-order valence-electron chi connectivity index (χ1n) is 5.09. The number of nitrogens with one attached hydrogen (secondary N) is 1. The standard InChI is InChI=1S/C11H17FN2O2/c1-14-6-10(15)11(16)8-4-7(5-13)2-3-9(8)12/h2-4,10-11,14-16H,5-6,13H2,1H3. The van der Waals surface area contributed by atoms with Crippen molar-refractivity contribution in [1.82, 2.24) is 5.32 Å². The van der Waals surface area contributed by atoms with Crippen LogP contribution in [0.25, 0.3) is 0 Å². The largest absolute Gasteiger partial charge is 0.389 e. The summed E-state index contributed by atoms with van der Waals surface area (Å²) < 4.78 is 13.4. The molecule has 0 spiro atoms. The zero-order valence-electron chi connectivity index (χ0n) is 9.15. The van der Waals surface area contributed by atoms with E-state index in [9.17, 15) is 14.6 Å². The third-order valence-electron chi connectivity index (χ3n) is 2.39. The molecule has 4 nitrogen and oxygen atoms in total. The van der Waals surface area contributed by atoms with Crippen LogP contribution in [-0.2, 0) is 6.54 Å². The van der Waals surface area contributed by atoms with Crippen molar-refractivity contribution in [3.63, 3.8) is 0 Å². The van der Waals surface area contributed by atoms with Gasteiger partial charge < -0.3 is 21.3 Å². The summed E-state index contributed by atoms with van der Waals surface area (Å²) in [6, 6.07) is 4.27. The van der Waals surface area contributed by atoms with Crippen molar-refractivity contribution >= 4 is 0 Å². The number of aliphatic hydroxyl groups is 2. The van der Waals surface area contributed by atoms with Crippen LogP contribution in [0, 0.1) is 5.82 Å². The van der Waals surface area contributed by atoms with E-state index in [0.717, 1.165) is 0 Å². The van der Waals surface area contributed by atoms with Gasteiger partial charge in [-0.25, -0.2) is 4.39 Å². The molecule has 0 saturated heterocycles. The van der Waals surface area contributed by atoms with Crippen LogP contribution in [-0.4, -0.2) is 29.9 Å². The minimum absolute atomic E-state index is 0.0747. The Morgan fingerprint density at radius 1 is 1.44 bits per heavy atom. The van der Waals surface area contributed by atoms with Crippen molar-refractivity contribution in [3.8, 4) is 0 Å². The van der Waals surface area contributed by atoms with Gasteiger partial charge in [-0.05, 0) is 24.7 Å². The molecule has 0 aromatic heterocycles. The fourth-order valence-electron chi connectivity index (χ4n) is 1.47. The molecule has 0 bridgehead atoms. The van der Waals surface area contributed by atoms with Gasteiger partial charge in [0.25, 0.3) is 0 Å². The Morgan fingerprint density at radius 3 is 2.69 bits per heavy atom. The molecule has 5 N–H and O–H groups in total. The van der Waals surface area contributed by atoms with Crippen LogP contribution in [0.2, 0.25) is 0 Å². The van der Waals surface area contributed by atoms with E-state index in [1.54, 1.807) is 13.1 Å². The van der Waals surface area contributed by atoms with Gasteiger partial charge in [-0.2, -0.15) is 0 Å². The summed E-state index contributed by atoms with van der Waals surface area (Å²) in [6.45, 7) is 0.454. The van der Waals surface area contributed by atoms with Gasteiger partial charge in [-0.15, -0.1) is 0 Å². The average molecular weight is 228 g/mol. The molecular weight excluding hydrogens is 211 g/mol. The maximum atomic E-state index is 13.4. The summed E-state index contributed by atoms with van der Waals surface area (Å²) in [6.07, 6.45) is -2.30. The summed E-state index contributed by atoms with van der Waals surface area (Å²) >= 11 is 0. The Kier molecular flexibility index (Phi) is 4.82. The molecular formula is C11H17FN2O2. The van der Waals surface area contributed by atoms with Crippen LogP contribution >= 0.6 is 0 Å². The molecule has 0 aliphatic carbocycles. The third-order valence-corrected chi connectivity index (χ3v) is 2.39. The van der Waals surface area contributed by atoms with Crippen LogP contribution in [0.3, 0.4) is 0 Å². The molecule has 90 valence electrons. The Balaban J connectivity index is 2.92. The SMILES string of the molecule is CNCC(O)C(O)c1cc(CN)ccc1F. The highest BCUT2D eigenvalue weighted by atomic mass is 19.1. The zero-order chi connectivity index (χ0) is 12.1. The first kappa shape index (κ1) is 13.1. The van der Waals surface area contributed by atoms with Crippen molar-refractivity contribution in [2.75, 3.05) is 13.6 Å². The first-order chi connectivity index (χ1) is 7.60. The lowest BCUT2D eigenvalue weighted by atomic mass is 10.0. The second-order valence-electron chi connectivity index (χ2n) is 3.63. The van der Waals surface area contributed by atoms with E-state index in [-0.39, 0.29) is 18.7 Å². The minimum Gasteiger partial charge on any atom is -0.389 e. The van der Waals surface area contributed by atoms with E-state index >= 15 is 0 Å². The van der Waals surface area contributed by atoms with E-state index in [0.29, 0.717) is 5.56 Å². The molecule has 16 heavy (non-hydrogen) atoms. The molecule has 0 fully saturated rings. The van der Waals surface area contributed by atoms with Gasteiger partial charge >= 0.3 is 0 Å². The van der Waals surface area contributed by atoms with Crippen LogP contribution in [0.1, 0.15) is 17.2 Å². The Labute approximate surface area is 93.9 Å². The molecule has 5 heteroatoms. The molecule has 0 aliphatic heterocycles. The summed E-state index contributed by atoms with van der Waals surface area (Å²) in [5.74, 6) is -0.542. The quantitative estimate of drug-likeness (QED) is 0.567. The predicted molar refractivity (Wildman–Crippen MR) is 59.2 cm³/mol. The lowest BCUT2D eigenvalue weighted by Gasteiger charge is -2.18. The maximum absolute atomic E-state index is 13.4. The van der Waals surface area contributed by atoms with Crippen LogP contribution < -0.4 is 11.1 Å². The van der Waals surface area contributed by atoms with Gasteiger partial charge in [0.15, 0.2) is 0 Å². The fraction of sp³-hybridized carbons (Fsp3) is 0.455. The highest BCUT2D eigenvalue weighted by molar-refractivity contribution is 5.27. The predicted octanol–water partition coefficient (Wildman–Crippen LogP) is -0.102. The van der Waals surface area contributed by atoms with Crippen LogP contribution in [0.4, 0.5) is 4.39 Å². The molecule has 2 atom stereocenters. The zero-order valence-corrected chi connectivity index (χ0v) is 9.15. The highest BCUT2D eigenvalue weighted by Gasteiger charge is 2.21. The van der Waals surface area contributed by atoms with Crippen LogP contribution in [0.5, 0.6) is 0 Å². The van der Waals surface area contributed by atoms with E-state index < -0.39 is 18.0 Å². The first-order valence-corrected chi connectivity index (χ1v) is 5.09. The Morgan fingerprint density at radius 2 is 2.12 bits per heavy atom. The summed E-state index contributed by atoms with van der Waals surface area (Å²) in [7, 11) is 1.64. The van der Waals surface area contributed by atoms with E-state index in [1.807, 2.05) is 0 Å². The van der Waals surface area contributed by atoms with Crippen molar-refractivity contribution in [2.45, 2.75) is 18.8 Å². The van der Waals surface area contributed by atoms with Gasteiger partial charge in [-0.3, -0.25) is 0 Å².